The molecule has 0 amide bonds. The number of aryl methyl sites for hydroxylation is 1. The Balaban J connectivity index is 1.51. The Hall–Kier alpha value is -1.32. The standard InChI is InChI=1S/C21H33N3/c1-23(2)16-8-3-7-14-22-15-13-19-18-10-4-5-11-20(18)24-17-9-6-12-21(19)24/h4-5,10-11,22H,3,6-9,12-17H2,1-2H3. The average Bonchev–Trinajstić information content (AvgIpc) is 2.91. The molecular formula is C21H33N3. The predicted octanol–water partition coefficient (Wildman–Crippen LogP) is 3.84. The van der Waals surface area contributed by atoms with Gasteiger partial charge in [0.1, 0.15) is 0 Å². The van der Waals surface area contributed by atoms with Gasteiger partial charge in [-0.1, -0.05) is 24.6 Å². The summed E-state index contributed by atoms with van der Waals surface area (Å²) < 4.78 is 2.58. The molecule has 3 heteroatoms. The van der Waals surface area contributed by atoms with E-state index in [1.54, 1.807) is 11.3 Å². The van der Waals surface area contributed by atoms with Crippen molar-refractivity contribution in [2.75, 3.05) is 33.7 Å². The molecular weight excluding hydrogens is 294 g/mol. The summed E-state index contributed by atoms with van der Waals surface area (Å²) in [5.74, 6) is 0. The van der Waals surface area contributed by atoms with Gasteiger partial charge in [-0.2, -0.15) is 0 Å². The van der Waals surface area contributed by atoms with Gasteiger partial charge in [0, 0.05) is 23.1 Å². The van der Waals surface area contributed by atoms with Crippen LogP contribution < -0.4 is 5.32 Å². The highest BCUT2D eigenvalue weighted by Gasteiger charge is 2.18. The minimum absolute atomic E-state index is 1.11. The number of para-hydroxylation sites is 1. The van der Waals surface area contributed by atoms with Crippen molar-refractivity contribution in [2.45, 2.75) is 51.5 Å². The fraction of sp³-hybridized carbons (Fsp3) is 0.619. The summed E-state index contributed by atoms with van der Waals surface area (Å²) in [7, 11) is 4.31. The number of nitrogens with one attached hydrogen (secondary N) is 1. The molecule has 1 aliphatic heterocycles. The second-order valence-corrected chi connectivity index (χ2v) is 7.42. The van der Waals surface area contributed by atoms with E-state index in [2.05, 4.69) is 53.1 Å². The van der Waals surface area contributed by atoms with Crippen LogP contribution in [0.3, 0.4) is 0 Å². The van der Waals surface area contributed by atoms with Crippen LogP contribution in [0.25, 0.3) is 10.9 Å². The van der Waals surface area contributed by atoms with E-state index in [9.17, 15) is 0 Å². The second kappa shape index (κ2) is 8.68. The van der Waals surface area contributed by atoms with Crippen LogP contribution in [0.2, 0.25) is 0 Å². The van der Waals surface area contributed by atoms with Crippen molar-refractivity contribution >= 4 is 10.9 Å². The van der Waals surface area contributed by atoms with Gasteiger partial charge in [-0.05, 0) is 83.9 Å². The molecule has 3 nitrogen and oxygen atoms in total. The molecule has 0 aliphatic carbocycles. The van der Waals surface area contributed by atoms with Crippen molar-refractivity contribution in [3.8, 4) is 0 Å². The fourth-order valence-electron chi connectivity index (χ4n) is 4.00. The SMILES string of the molecule is CN(C)CCCCCNCCc1c2n(c3ccccc13)CCCC2. The van der Waals surface area contributed by atoms with Crippen LogP contribution >= 0.6 is 0 Å². The Morgan fingerprint density at radius 1 is 1.04 bits per heavy atom. The van der Waals surface area contributed by atoms with Crippen LogP contribution in [0.5, 0.6) is 0 Å². The number of nitrogens with zero attached hydrogens (tertiary/aromatic N) is 2. The van der Waals surface area contributed by atoms with E-state index in [0.717, 1.165) is 13.1 Å². The van der Waals surface area contributed by atoms with E-state index in [4.69, 9.17) is 0 Å². The van der Waals surface area contributed by atoms with Gasteiger partial charge < -0.3 is 14.8 Å². The molecule has 2 aromatic rings. The normalized spacial score (nSPS) is 14.5. The summed E-state index contributed by atoms with van der Waals surface area (Å²) in [5, 5.41) is 5.15. The van der Waals surface area contributed by atoms with Crippen LogP contribution in [-0.2, 0) is 19.4 Å². The molecule has 0 unspecified atom stereocenters. The lowest BCUT2D eigenvalue weighted by Gasteiger charge is -2.17. The number of fused-ring (bicyclic) bond motifs is 3. The predicted molar refractivity (Wildman–Crippen MR) is 104 cm³/mol. The summed E-state index contributed by atoms with van der Waals surface area (Å²) in [5.41, 5.74) is 4.66. The highest BCUT2D eigenvalue weighted by molar-refractivity contribution is 5.85. The maximum atomic E-state index is 3.66. The van der Waals surface area contributed by atoms with E-state index in [0.29, 0.717) is 0 Å². The van der Waals surface area contributed by atoms with E-state index in [1.165, 1.54) is 68.9 Å². The van der Waals surface area contributed by atoms with Crippen LogP contribution in [0.1, 0.15) is 43.4 Å². The van der Waals surface area contributed by atoms with Gasteiger partial charge in [0.15, 0.2) is 0 Å². The Labute approximate surface area is 147 Å². The first-order valence-electron chi connectivity index (χ1n) is 9.72. The van der Waals surface area contributed by atoms with Crippen molar-refractivity contribution in [3.63, 3.8) is 0 Å². The molecule has 0 radical (unpaired) electrons. The Morgan fingerprint density at radius 3 is 2.79 bits per heavy atom. The van der Waals surface area contributed by atoms with Gasteiger partial charge >= 0.3 is 0 Å². The molecule has 1 N–H and O–H groups in total. The van der Waals surface area contributed by atoms with Gasteiger partial charge in [0.2, 0.25) is 0 Å². The van der Waals surface area contributed by atoms with Crippen molar-refractivity contribution in [3.05, 3.63) is 35.5 Å². The molecule has 1 aromatic carbocycles. The molecule has 0 fully saturated rings. The van der Waals surface area contributed by atoms with Crippen molar-refractivity contribution in [1.82, 2.24) is 14.8 Å². The maximum Gasteiger partial charge on any atom is 0.0485 e. The highest BCUT2D eigenvalue weighted by Crippen LogP contribution is 2.30. The van der Waals surface area contributed by atoms with E-state index >= 15 is 0 Å². The second-order valence-electron chi connectivity index (χ2n) is 7.42. The lowest BCUT2D eigenvalue weighted by molar-refractivity contribution is 0.390. The van der Waals surface area contributed by atoms with Crippen LogP contribution in [-0.4, -0.2) is 43.2 Å². The number of unbranched alkanes of at least 4 members (excludes halogenated alkanes) is 2. The largest absolute Gasteiger partial charge is 0.344 e. The molecule has 0 saturated carbocycles. The number of rotatable bonds is 9. The number of hydrogen-bond acceptors (Lipinski definition) is 2. The summed E-state index contributed by atoms with van der Waals surface area (Å²) in [6, 6.07) is 8.99. The van der Waals surface area contributed by atoms with Gasteiger partial charge in [-0.3, -0.25) is 0 Å². The van der Waals surface area contributed by atoms with Gasteiger partial charge in [0.25, 0.3) is 0 Å². The van der Waals surface area contributed by atoms with Gasteiger partial charge in [-0.15, -0.1) is 0 Å². The zero-order valence-electron chi connectivity index (χ0n) is 15.5. The topological polar surface area (TPSA) is 20.2 Å². The molecule has 0 spiro atoms. The lowest BCUT2D eigenvalue weighted by atomic mass is 10.0. The molecule has 24 heavy (non-hydrogen) atoms. The Kier molecular flexibility index (Phi) is 6.33. The summed E-state index contributed by atoms with van der Waals surface area (Å²) in [6.45, 7) is 4.67. The fourth-order valence-corrected chi connectivity index (χ4v) is 4.00. The van der Waals surface area contributed by atoms with E-state index < -0.39 is 0 Å². The minimum atomic E-state index is 1.11. The zero-order valence-corrected chi connectivity index (χ0v) is 15.5. The van der Waals surface area contributed by atoms with E-state index in [-0.39, 0.29) is 0 Å². The summed E-state index contributed by atoms with van der Waals surface area (Å²) >= 11 is 0. The molecule has 132 valence electrons. The first-order valence-corrected chi connectivity index (χ1v) is 9.72. The molecule has 0 saturated heterocycles. The van der Waals surface area contributed by atoms with Crippen molar-refractivity contribution < 1.29 is 0 Å². The Morgan fingerprint density at radius 2 is 1.92 bits per heavy atom. The number of benzene rings is 1. The third kappa shape index (κ3) is 4.20. The summed E-state index contributed by atoms with van der Waals surface area (Å²) in [6.07, 6.45) is 9.04. The molecule has 3 rings (SSSR count). The third-order valence-electron chi connectivity index (χ3n) is 5.25. The number of hydrogen-bond donors (Lipinski definition) is 1. The number of aromatic nitrogens is 1. The monoisotopic (exact) mass is 327 g/mol. The molecule has 1 aromatic heterocycles. The highest BCUT2D eigenvalue weighted by atomic mass is 15.0. The molecule has 0 bridgehead atoms. The maximum absolute atomic E-state index is 3.66. The molecule has 1 aliphatic rings. The van der Waals surface area contributed by atoms with Gasteiger partial charge in [0.05, 0.1) is 0 Å². The third-order valence-corrected chi connectivity index (χ3v) is 5.25. The van der Waals surface area contributed by atoms with Crippen molar-refractivity contribution in [1.29, 1.82) is 0 Å². The zero-order chi connectivity index (χ0) is 16.8. The Bertz CT molecular complexity index is 642. The smallest absolute Gasteiger partial charge is 0.0485 e. The molecule has 2 heterocycles. The first kappa shape index (κ1) is 17.5. The van der Waals surface area contributed by atoms with Crippen molar-refractivity contribution in [2.24, 2.45) is 0 Å². The average molecular weight is 328 g/mol. The lowest BCUT2D eigenvalue weighted by Crippen LogP contribution is -2.20. The summed E-state index contributed by atoms with van der Waals surface area (Å²) in [4.78, 5) is 2.27. The quantitative estimate of drug-likeness (QED) is 0.706. The first-order chi connectivity index (χ1) is 11.8. The minimum Gasteiger partial charge on any atom is -0.344 e. The van der Waals surface area contributed by atoms with Crippen LogP contribution in [0.4, 0.5) is 0 Å². The van der Waals surface area contributed by atoms with E-state index in [1.807, 2.05) is 0 Å². The van der Waals surface area contributed by atoms with Crippen LogP contribution in [0, 0.1) is 0 Å². The molecule has 0 atom stereocenters. The van der Waals surface area contributed by atoms with Crippen LogP contribution in [0.15, 0.2) is 24.3 Å². The van der Waals surface area contributed by atoms with Gasteiger partial charge in [-0.25, -0.2) is 0 Å².